The number of carboxylic acid groups (broad SMARTS) is 1. The zero-order chi connectivity index (χ0) is 19.5. The first-order chi connectivity index (χ1) is 12.4. The highest BCUT2D eigenvalue weighted by molar-refractivity contribution is 7.98. The average molecular weight is 372 g/mol. The van der Waals surface area contributed by atoms with E-state index in [1.165, 1.54) is 11.8 Å². The van der Waals surface area contributed by atoms with Crippen LogP contribution in [0.2, 0.25) is 0 Å². The van der Waals surface area contributed by atoms with Gasteiger partial charge in [0.25, 0.3) is 0 Å². The second-order valence-corrected chi connectivity index (χ2v) is 6.78. The highest BCUT2D eigenvalue weighted by Gasteiger charge is 2.39. The van der Waals surface area contributed by atoms with Crippen LogP contribution < -0.4 is 10.6 Å². The van der Waals surface area contributed by atoms with Crippen LogP contribution in [0, 0.1) is 11.3 Å². The van der Waals surface area contributed by atoms with Crippen LogP contribution in [0.25, 0.3) is 10.9 Å². The maximum atomic E-state index is 12.0. The van der Waals surface area contributed by atoms with Gasteiger partial charge in [0.1, 0.15) is 16.6 Å². The van der Waals surface area contributed by atoms with E-state index in [1.54, 1.807) is 6.92 Å². The smallest absolute Gasteiger partial charge is 0.328 e. The lowest BCUT2D eigenvalue weighted by molar-refractivity contribution is -0.143. The Labute approximate surface area is 158 Å². The van der Waals surface area contributed by atoms with Crippen molar-refractivity contribution in [2.45, 2.75) is 37.8 Å². The molecule has 0 aliphatic carbocycles. The highest BCUT2D eigenvalue weighted by atomic mass is 32.2. The largest absolute Gasteiger partial charge is 0.480 e. The molecule has 1 heterocycles. The van der Waals surface area contributed by atoms with Gasteiger partial charge >= 0.3 is 5.97 Å². The fraction of sp³-hybridized carbons (Fsp3) is 0.421. The van der Waals surface area contributed by atoms with Gasteiger partial charge in [-0.25, -0.2) is 9.78 Å². The van der Waals surface area contributed by atoms with E-state index in [-0.39, 0.29) is 12.0 Å². The predicted octanol–water partition coefficient (Wildman–Crippen LogP) is 3.32. The van der Waals surface area contributed by atoms with Crippen LogP contribution >= 0.6 is 11.8 Å². The summed E-state index contributed by atoms with van der Waals surface area (Å²) in [5, 5.41) is 20.7. The first-order valence-electron chi connectivity index (χ1n) is 8.57. The Kier molecular flexibility index (Phi) is 6.11. The van der Waals surface area contributed by atoms with Gasteiger partial charge in [0.15, 0.2) is 0 Å². The Hall–Kier alpha value is -2.30. The molecule has 1 unspecified atom stereocenters. The second-order valence-electron chi connectivity index (χ2n) is 5.99. The average Bonchev–Trinajstić information content (AvgIpc) is 2.66. The fourth-order valence-electron chi connectivity index (χ4n) is 3.16. The fourth-order valence-corrected chi connectivity index (χ4v) is 3.71. The van der Waals surface area contributed by atoms with Crippen molar-refractivity contribution in [3.05, 3.63) is 29.3 Å². The van der Waals surface area contributed by atoms with Gasteiger partial charge in [-0.05, 0) is 44.7 Å². The molecule has 2 rings (SSSR count). The van der Waals surface area contributed by atoms with Crippen molar-refractivity contribution in [1.29, 1.82) is 5.26 Å². The number of carboxylic acids is 1. The number of aromatic nitrogens is 1. The number of nitrogens with two attached hydrogens (primary N) is 1. The van der Waals surface area contributed by atoms with Crippen molar-refractivity contribution in [3.8, 4) is 6.07 Å². The van der Waals surface area contributed by atoms with E-state index >= 15 is 0 Å². The Bertz CT molecular complexity index is 874. The number of hydrogen-bond acceptors (Lipinski definition) is 6. The predicted molar refractivity (Wildman–Crippen MR) is 106 cm³/mol. The quantitative estimate of drug-likeness (QED) is 0.719. The summed E-state index contributed by atoms with van der Waals surface area (Å²) in [6.45, 7) is 7.47. The molecule has 138 valence electrons. The molecule has 0 aliphatic heterocycles. The van der Waals surface area contributed by atoms with Crippen molar-refractivity contribution >= 4 is 34.3 Å². The molecule has 0 saturated carbocycles. The summed E-state index contributed by atoms with van der Waals surface area (Å²) in [5.74, 6) is -1.15. The van der Waals surface area contributed by atoms with Crippen LogP contribution in [0.4, 0.5) is 5.69 Å². The number of nitriles is 1. The molecule has 1 aromatic carbocycles. The summed E-state index contributed by atoms with van der Waals surface area (Å²) in [4.78, 5) is 18.7. The van der Waals surface area contributed by atoms with Gasteiger partial charge in [-0.3, -0.25) is 0 Å². The Morgan fingerprint density at radius 2 is 2.04 bits per heavy atom. The highest BCUT2D eigenvalue weighted by Crippen LogP contribution is 2.37. The third-order valence-corrected chi connectivity index (χ3v) is 5.44. The molecule has 0 spiro atoms. The summed E-state index contributed by atoms with van der Waals surface area (Å²) < 4.78 is 0. The van der Waals surface area contributed by atoms with E-state index in [4.69, 9.17) is 5.73 Å². The summed E-state index contributed by atoms with van der Waals surface area (Å²) in [5.41, 5.74) is 6.85. The number of pyridine rings is 1. The molecule has 1 aromatic heterocycles. The number of nitrogens with zero attached hydrogens (tertiary/aromatic N) is 3. The summed E-state index contributed by atoms with van der Waals surface area (Å²) in [6.07, 6.45) is 1.98. The van der Waals surface area contributed by atoms with Gasteiger partial charge in [0, 0.05) is 29.7 Å². The summed E-state index contributed by atoms with van der Waals surface area (Å²) in [6, 6.07) is 7.87. The number of benzene rings is 1. The Morgan fingerprint density at radius 1 is 1.38 bits per heavy atom. The van der Waals surface area contributed by atoms with E-state index in [1.807, 2.05) is 24.5 Å². The van der Waals surface area contributed by atoms with Crippen molar-refractivity contribution in [2.75, 3.05) is 24.2 Å². The Balaban J connectivity index is 2.98. The maximum absolute atomic E-state index is 12.0. The van der Waals surface area contributed by atoms with Gasteiger partial charge in [-0.15, -0.1) is 11.8 Å². The lowest BCUT2D eigenvalue weighted by Crippen LogP contribution is -2.45. The first kappa shape index (κ1) is 20.0. The lowest BCUT2D eigenvalue weighted by atomic mass is 9.83. The van der Waals surface area contributed by atoms with Crippen LogP contribution in [0.3, 0.4) is 0 Å². The van der Waals surface area contributed by atoms with Crippen molar-refractivity contribution in [3.63, 3.8) is 0 Å². The molecule has 0 aliphatic rings. The minimum absolute atomic E-state index is 0.166. The van der Waals surface area contributed by atoms with Gasteiger partial charge < -0.3 is 15.7 Å². The maximum Gasteiger partial charge on any atom is 0.328 e. The number of fused-ring (bicyclic) bond motifs is 1. The lowest BCUT2D eigenvalue weighted by Gasteiger charge is -2.28. The number of aliphatic carboxylic acids is 1. The molecule has 7 heteroatoms. The monoisotopic (exact) mass is 372 g/mol. The van der Waals surface area contributed by atoms with E-state index in [9.17, 15) is 15.2 Å². The standard InChI is InChI=1S/C19H24N4O2S/c1-5-19(21,18(24)25)16-13-10-12(23(6-2)7-3)8-9-15(13)22-17(26-4)14(16)11-20/h8-10H,5-7,21H2,1-4H3,(H,24,25). The normalized spacial score (nSPS) is 13.2. The zero-order valence-corrected chi connectivity index (χ0v) is 16.4. The molecule has 3 N–H and O–H groups in total. The minimum Gasteiger partial charge on any atom is -0.480 e. The molecule has 0 amide bonds. The molecule has 0 saturated heterocycles. The van der Waals surface area contributed by atoms with Gasteiger partial charge in [-0.2, -0.15) is 5.26 Å². The number of anilines is 1. The zero-order valence-electron chi connectivity index (χ0n) is 15.5. The van der Waals surface area contributed by atoms with E-state index in [2.05, 4.69) is 29.8 Å². The molecule has 0 radical (unpaired) electrons. The van der Waals surface area contributed by atoms with Crippen molar-refractivity contribution < 1.29 is 9.90 Å². The number of rotatable bonds is 7. The molecule has 2 aromatic rings. The van der Waals surface area contributed by atoms with E-state index < -0.39 is 11.5 Å². The van der Waals surface area contributed by atoms with Crippen LogP contribution in [-0.2, 0) is 10.3 Å². The van der Waals surface area contributed by atoms with Crippen molar-refractivity contribution in [2.24, 2.45) is 5.73 Å². The summed E-state index contributed by atoms with van der Waals surface area (Å²) in [7, 11) is 0. The number of thioether (sulfide) groups is 1. The van der Waals surface area contributed by atoms with Crippen LogP contribution in [-0.4, -0.2) is 35.4 Å². The molecule has 26 heavy (non-hydrogen) atoms. The van der Waals surface area contributed by atoms with Crippen LogP contribution in [0.1, 0.15) is 38.3 Å². The molecule has 6 nitrogen and oxygen atoms in total. The van der Waals surface area contributed by atoms with Gasteiger partial charge in [0.2, 0.25) is 0 Å². The molecular weight excluding hydrogens is 348 g/mol. The van der Waals surface area contributed by atoms with E-state index in [0.29, 0.717) is 21.5 Å². The minimum atomic E-state index is -1.65. The SMILES string of the molecule is CCN(CC)c1ccc2nc(SC)c(C#N)c(C(N)(CC)C(=O)O)c2c1. The van der Waals surface area contributed by atoms with Gasteiger partial charge in [0.05, 0.1) is 11.1 Å². The summed E-state index contributed by atoms with van der Waals surface area (Å²) >= 11 is 1.31. The first-order valence-corrected chi connectivity index (χ1v) is 9.79. The van der Waals surface area contributed by atoms with Crippen molar-refractivity contribution in [1.82, 2.24) is 4.98 Å². The third-order valence-electron chi connectivity index (χ3n) is 4.75. The molecule has 1 atom stereocenters. The van der Waals surface area contributed by atoms with Crippen LogP contribution in [0.5, 0.6) is 0 Å². The van der Waals surface area contributed by atoms with Gasteiger partial charge in [-0.1, -0.05) is 6.92 Å². The topological polar surface area (TPSA) is 103 Å². The van der Waals surface area contributed by atoms with E-state index in [0.717, 1.165) is 18.8 Å². The number of carbonyl (C=O) groups is 1. The molecular formula is C19H24N4O2S. The number of hydrogen-bond donors (Lipinski definition) is 2. The Morgan fingerprint density at radius 3 is 2.50 bits per heavy atom. The molecule has 0 bridgehead atoms. The second kappa shape index (κ2) is 7.94. The van der Waals surface area contributed by atoms with Crippen LogP contribution in [0.15, 0.2) is 23.2 Å². The third kappa shape index (κ3) is 3.22. The molecule has 0 fully saturated rings.